The summed E-state index contributed by atoms with van der Waals surface area (Å²) in [6.45, 7) is 2.65. The number of phosphoric ester groups is 1. The van der Waals surface area contributed by atoms with Gasteiger partial charge in [-0.2, -0.15) is 0 Å². The van der Waals surface area contributed by atoms with Crippen molar-refractivity contribution in [1.82, 2.24) is 5.32 Å². The molecule has 12 heteroatoms. The molecule has 0 fully saturated rings. The molecule has 0 bridgehead atoms. The lowest BCUT2D eigenvalue weighted by atomic mass is 10.0. The first-order valence-electron chi connectivity index (χ1n) is 26.1. The molecule has 0 aliphatic rings. The van der Waals surface area contributed by atoms with Gasteiger partial charge in [-0.05, 0) is 12.8 Å². The van der Waals surface area contributed by atoms with Crippen molar-refractivity contribution in [3.8, 4) is 0 Å². The van der Waals surface area contributed by atoms with E-state index in [0.29, 0.717) is 12.8 Å². The van der Waals surface area contributed by atoms with Crippen LogP contribution in [0.2, 0.25) is 0 Å². The van der Waals surface area contributed by atoms with Crippen LogP contribution in [0.3, 0.4) is 0 Å². The summed E-state index contributed by atoms with van der Waals surface area (Å²) in [5.74, 6) is -2.35. The molecule has 0 aromatic carbocycles. The standard InChI is InChI=1S/C50H98NO10P/c1-3-5-7-9-11-13-15-17-19-20-21-22-23-24-25-26-28-29-31-33-35-37-39-41-48(53)51-47(50(55)56)45-61-62(57,58)60-44-46(52)43-59-49(54)42-40-38-36-34-32-30-27-18-16-14-12-10-8-6-4-2/h46-47,52H,3-45H2,1-2H3,(H,51,53)(H,55,56)(H,57,58). The second-order valence-electron chi connectivity index (χ2n) is 18.1. The molecular weight excluding hydrogens is 806 g/mol. The van der Waals surface area contributed by atoms with Gasteiger partial charge < -0.3 is 25.2 Å². The number of aliphatic hydroxyl groups is 1. The molecule has 3 atom stereocenters. The summed E-state index contributed by atoms with van der Waals surface area (Å²) >= 11 is 0. The molecule has 1 amide bonds. The number of carboxylic acids is 1. The minimum Gasteiger partial charge on any atom is -0.480 e. The van der Waals surface area contributed by atoms with Gasteiger partial charge >= 0.3 is 19.8 Å². The minimum atomic E-state index is -4.75. The third-order valence-corrected chi connectivity index (χ3v) is 12.8. The van der Waals surface area contributed by atoms with Gasteiger partial charge in [0.2, 0.25) is 5.91 Å². The number of rotatable bonds is 50. The molecule has 0 saturated heterocycles. The maximum atomic E-state index is 12.4. The zero-order valence-corrected chi connectivity index (χ0v) is 41.1. The van der Waals surface area contributed by atoms with Gasteiger partial charge in [0.1, 0.15) is 12.7 Å². The molecule has 0 rings (SSSR count). The first-order chi connectivity index (χ1) is 30.1. The number of aliphatic carboxylic acids is 1. The molecule has 62 heavy (non-hydrogen) atoms. The summed E-state index contributed by atoms with van der Waals surface area (Å²) < 4.78 is 26.9. The van der Waals surface area contributed by atoms with Gasteiger partial charge in [-0.1, -0.05) is 245 Å². The number of carbonyl (C=O) groups excluding carboxylic acids is 2. The van der Waals surface area contributed by atoms with Gasteiger partial charge in [0.15, 0.2) is 6.04 Å². The highest BCUT2D eigenvalue weighted by molar-refractivity contribution is 7.47. The molecule has 0 heterocycles. The Balaban J connectivity index is 3.77. The average Bonchev–Trinajstić information content (AvgIpc) is 3.25. The predicted molar refractivity (Wildman–Crippen MR) is 254 cm³/mol. The molecule has 11 nitrogen and oxygen atoms in total. The molecule has 0 aromatic rings. The summed E-state index contributed by atoms with van der Waals surface area (Å²) in [5.41, 5.74) is 0. The third-order valence-electron chi connectivity index (χ3n) is 11.9. The minimum absolute atomic E-state index is 0.153. The third kappa shape index (κ3) is 45.1. The maximum Gasteiger partial charge on any atom is 0.472 e. The van der Waals surface area contributed by atoms with Gasteiger partial charge in [-0.25, -0.2) is 9.36 Å². The Kier molecular flexibility index (Phi) is 44.9. The van der Waals surface area contributed by atoms with Crippen LogP contribution in [0.1, 0.15) is 271 Å². The highest BCUT2D eigenvalue weighted by atomic mass is 31.2. The molecule has 0 radical (unpaired) electrons. The van der Waals surface area contributed by atoms with E-state index in [1.807, 2.05) is 0 Å². The molecule has 4 N–H and O–H groups in total. The Bertz CT molecular complexity index is 1060. The van der Waals surface area contributed by atoms with E-state index in [9.17, 15) is 34.1 Å². The highest BCUT2D eigenvalue weighted by Gasteiger charge is 2.28. The second-order valence-corrected chi connectivity index (χ2v) is 19.5. The Hall–Kier alpha value is -1.52. The fourth-order valence-electron chi connectivity index (χ4n) is 7.85. The number of esters is 1. The summed E-state index contributed by atoms with van der Waals surface area (Å²) in [4.78, 5) is 46.1. The number of nitrogens with one attached hydrogen (secondary N) is 1. The fraction of sp³-hybridized carbons (Fsp3) is 0.940. The van der Waals surface area contributed by atoms with E-state index < -0.39 is 57.6 Å². The molecule has 368 valence electrons. The number of unbranched alkanes of at least 4 members (excludes halogenated alkanes) is 36. The lowest BCUT2D eigenvalue weighted by Crippen LogP contribution is -2.43. The Labute approximate surface area is 380 Å². The van der Waals surface area contributed by atoms with Crippen LogP contribution in [-0.4, -0.2) is 64.9 Å². The monoisotopic (exact) mass is 904 g/mol. The van der Waals surface area contributed by atoms with Crippen molar-refractivity contribution >= 4 is 25.7 Å². The highest BCUT2D eigenvalue weighted by Crippen LogP contribution is 2.43. The van der Waals surface area contributed by atoms with Crippen molar-refractivity contribution < 1.29 is 47.8 Å². The van der Waals surface area contributed by atoms with Crippen LogP contribution in [0.15, 0.2) is 0 Å². The van der Waals surface area contributed by atoms with E-state index in [2.05, 4.69) is 19.2 Å². The number of hydrogen-bond acceptors (Lipinski definition) is 8. The fourth-order valence-corrected chi connectivity index (χ4v) is 8.62. The van der Waals surface area contributed by atoms with Crippen molar-refractivity contribution in [2.75, 3.05) is 19.8 Å². The smallest absolute Gasteiger partial charge is 0.472 e. The SMILES string of the molecule is CCCCCCCCCCCCCCCCCCCCCCCCCC(=O)NC(COP(=O)(O)OCC(O)COC(=O)CCCCCCCCCCCCCCCCC)C(=O)O. The van der Waals surface area contributed by atoms with Crippen LogP contribution in [0.4, 0.5) is 0 Å². The summed E-state index contributed by atoms with van der Waals surface area (Å²) in [7, 11) is -4.75. The van der Waals surface area contributed by atoms with Crippen LogP contribution in [-0.2, 0) is 32.7 Å². The van der Waals surface area contributed by atoms with Crippen molar-refractivity contribution in [3.63, 3.8) is 0 Å². The molecular formula is C50H98NO10P. The van der Waals surface area contributed by atoms with Crippen molar-refractivity contribution in [1.29, 1.82) is 0 Å². The van der Waals surface area contributed by atoms with Crippen LogP contribution in [0, 0.1) is 0 Å². The molecule has 0 spiro atoms. The van der Waals surface area contributed by atoms with Gasteiger partial charge in [0, 0.05) is 12.8 Å². The molecule has 0 aliphatic carbocycles. The van der Waals surface area contributed by atoms with Gasteiger partial charge in [0.25, 0.3) is 0 Å². The van der Waals surface area contributed by atoms with Crippen molar-refractivity contribution in [3.05, 3.63) is 0 Å². The number of hydrogen-bond donors (Lipinski definition) is 4. The first-order valence-corrected chi connectivity index (χ1v) is 27.6. The van der Waals surface area contributed by atoms with Gasteiger partial charge in [-0.3, -0.25) is 18.6 Å². The molecule has 0 aliphatic heterocycles. The normalized spacial score (nSPS) is 13.5. The Morgan fingerprint density at radius 1 is 0.452 bits per heavy atom. The predicted octanol–water partition coefficient (Wildman–Crippen LogP) is 14.2. The van der Waals surface area contributed by atoms with E-state index in [0.717, 1.165) is 38.5 Å². The zero-order chi connectivity index (χ0) is 45.6. The average molecular weight is 904 g/mol. The van der Waals surface area contributed by atoms with E-state index in [1.165, 1.54) is 193 Å². The van der Waals surface area contributed by atoms with Gasteiger partial charge in [-0.15, -0.1) is 0 Å². The van der Waals surface area contributed by atoms with Crippen molar-refractivity contribution in [2.24, 2.45) is 0 Å². The maximum absolute atomic E-state index is 12.4. The number of phosphoric acid groups is 1. The molecule has 0 aromatic heterocycles. The molecule has 0 saturated carbocycles. The van der Waals surface area contributed by atoms with Crippen LogP contribution >= 0.6 is 7.82 Å². The largest absolute Gasteiger partial charge is 0.480 e. The van der Waals surface area contributed by atoms with E-state index >= 15 is 0 Å². The van der Waals surface area contributed by atoms with E-state index in [-0.39, 0.29) is 12.8 Å². The zero-order valence-electron chi connectivity index (χ0n) is 40.2. The van der Waals surface area contributed by atoms with Gasteiger partial charge in [0.05, 0.1) is 13.2 Å². The summed E-state index contributed by atoms with van der Waals surface area (Å²) in [6, 6.07) is -1.54. The summed E-state index contributed by atoms with van der Waals surface area (Å²) in [6.07, 6.45) is 47.0. The number of carboxylic acid groups (broad SMARTS) is 1. The summed E-state index contributed by atoms with van der Waals surface area (Å²) in [5, 5.41) is 21.9. The number of ether oxygens (including phenoxy) is 1. The quantitative estimate of drug-likeness (QED) is 0.0262. The number of carbonyl (C=O) groups is 3. The number of aliphatic hydroxyl groups excluding tert-OH is 1. The first kappa shape index (κ1) is 60.5. The van der Waals surface area contributed by atoms with E-state index in [1.54, 1.807) is 0 Å². The lowest BCUT2D eigenvalue weighted by molar-refractivity contribution is -0.147. The van der Waals surface area contributed by atoms with Crippen LogP contribution < -0.4 is 5.32 Å². The number of amides is 1. The van der Waals surface area contributed by atoms with Crippen molar-refractivity contribution in [2.45, 2.75) is 283 Å². The Morgan fingerprint density at radius 2 is 0.742 bits per heavy atom. The Morgan fingerprint density at radius 3 is 1.06 bits per heavy atom. The van der Waals surface area contributed by atoms with Crippen LogP contribution in [0.25, 0.3) is 0 Å². The van der Waals surface area contributed by atoms with Crippen LogP contribution in [0.5, 0.6) is 0 Å². The molecule has 3 unspecified atom stereocenters. The second kappa shape index (κ2) is 46.0. The van der Waals surface area contributed by atoms with E-state index in [4.69, 9.17) is 13.8 Å². The lowest BCUT2D eigenvalue weighted by Gasteiger charge is -2.18. The topological polar surface area (TPSA) is 169 Å².